The van der Waals surface area contributed by atoms with Gasteiger partial charge in [0.15, 0.2) is 0 Å². The van der Waals surface area contributed by atoms with Gasteiger partial charge in [0.05, 0.1) is 13.2 Å². The predicted molar refractivity (Wildman–Crippen MR) is 60.6 cm³/mol. The first-order chi connectivity index (χ1) is 7.40. The Bertz CT molecular complexity index is 325. The van der Waals surface area contributed by atoms with Gasteiger partial charge in [0.2, 0.25) is 0 Å². The van der Waals surface area contributed by atoms with E-state index in [1.807, 2.05) is 6.07 Å². The summed E-state index contributed by atoms with van der Waals surface area (Å²) in [6.45, 7) is 2.42. The Labute approximate surface area is 90.4 Å². The minimum Gasteiger partial charge on any atom is -0.493 e. The summed E-state index contributed by atoms with van der Waals surface area (Å²) in [6, 6.07) is 6.27. The second-order valence-corrected chi connectivity index (χ2v) is 3.69. The van der Waals surface area contributed by atoms with Crippen LogP contribution in [0.5, 0.6) is 5.75 Å². The summed E-state index contributed by atoms with van der Waals surface area (Å²) >= 11 is 0. The van der Waals surface area contributed by atoms with Crippen LogP contribution in [0.25, 0.3) is 0 Å². The Kier molecular flexibility index (Phi) is 3.45. The highest BCUT2D eigenvalue weighted by Crippen LogP contribution is 2.27. The summed E-state index contributed by atoms with van der Waals surface area (Å²) in [4.78, 5) is 0. The zero-order chi connectivity index (χ0) is 10.5. The summed E-state index contributed by atoms with van der Waals surface area (Å²) in [5.74, 6) is 1.04. The van der Waals surface area contributed by atoms with E-state index in [1.165, 1.54) is 5.56 Å². The number of rotatable bonds is 4. The molecule has 1 aliphatic heterocycles. The molecule has 1 N–H and O–H groups in total. The van der Waals surface area contributed by atoms with E-state index >= 15 is 0 Å². The van der Waals surface area contributed by atoms with Crippen molar-refractivity contribution >= 4 is 5.69 Å². The van der Waals surface area contributed by atoms with Crippen molar-refractivity contribution in [1.82, 2.24) is 0 Å². The Hall–Kier alpha value is -1.22. The molecule has 0 spiro atoms. The lowest BCUT2D eigenvalue weighted by molar-refractivity contribution is 0.211. The lowest BCUT2D eigenvalue weighted by Crippen LogP contribution is -2.10. The summed E-state index contributed by atoms with van der Waals surface area (Å²) in [5, 5.41) is 3.32. The second-order valence-electron chi connectivity index (χ2n) is 3.69. The Morgan fingerprint density at radius 2 is 2.40 bits per heavy atom. The van der Waals surface area contributed by atoms with Gasteiger partial charge < -0.3 is 14.8 Å². The van der Waals surface area contributed by atoms with Crippen LogP contribution in [-0.2, 0) is 11.2 Å². The highest BCUT2D eigenvalue weighted by Gasteiger charge is 2.09. The Morgan fingerprint density at radius 3 is 3.27 bits per heavy atom. The SMILES string of the molecule is COCCNc1ccc2c(c1)CCCO2. The van der Waals surface area contributed by atoms with Gasteiger partial charge in [-0.1, -0.05) is 0 Å². The van der Waals surface area contributed by atoms with Gasteiger partial charge >= 0.3 is 0 Å². The molecule has 0 saturated carbocycles. The average Bonchev–Trinajstić information content (AvgIpc) is 2.29. The van der Waals surface area contributed by atoms with Gasteiger partial charge in [-0.2, -0.15) is 0 Å². The number of methoxy groups -OCH3 is 1. The zero-order valence-electron chi connectivity index (χ0n) is 9.08. The summed E-state index contributed by atoms with van der Waals surface area (Å²) in [7, 11) is 1.71. The van der Waals surface area contributed by atoms with Crippen molar-refractivity contribution in [3.63, 3.8) is 0 Å². The first kappa shape index (κ1) is 10.3. The van der Waals surface area contributed by atoms with Crippen LogP contribution < -0.4 is 10.1 Å². The van der Waals surface area contributed by atoms with Gasteiger partial charge in [0.1, 0.15) is 5.75 Å². The van der Waals surface area contributed by atoms with Crippen molar-refractivity contribution in [2.24, 2.45) is 0 Å². The lowest BCUT2D eigenvalue weighted by Gasteiger charge is -2.18. The average molecular weight is 207 g/mol. The number of hydrogen-bond donors (Lipinski definition) is 1. The first-order valence-corrected chi connectivity index (χ1v) is 5.38. The molecule has 82 valence electrons. The Balaban J connectivity index is 2.00. The fourth-order valence-electron chi connectivity index (χ4n) is 1.77. The van der Waals surface area contributed by atoms with Gasteiger partial charge in [0, 0.05) is 19.3 Å². The van der Waals surface area contributed by atoms with Gasteiger partial charge in [-0.05, 0) is 36.6 Å². The van der Waals surface area contributed by atoms with E-state index in [2.05, 4.69) is 17.4 Å². The summed E-state index contributed by atoms with van der Waals surface area (Å²) in [6.07, 6.45) is 2.24. The van der Waals surface area contributed by atoms with E-state index in [0.717, 1.165) is 44.0 Å². The minimum absolute atomic E-state index is 0.730. The van der Waals surface area contributed by atoms with Crippen LogP contribution in [0, 0.1) is 0 Å². The van der Waals surface area contributed by atoms with Crippen LogP contribution >= 0.6 is 0 Å². The fourth-order valence-corrected chi connectivity index (χ4v) is 1.77. The van der Waals surface area contributed by atoms with E-state index in [9.17, 15) is 0 Å². The predicted octanol–water partition coefficient (Wildman–Crippen LogP) is 2.07. The van der Waals surface area contributed by atoms with Crippen LogP contribution in [0.15, 0.2) is 18.2 Å². The number of aryl methyl sites for hydroxylation is 1. The topological polar surface area (TPSA) is 30.5 Å². The monoisotopic (exact) mass is 207 g/mol. The molecule has 1 aromatic rings. The molecule has 0 radical (unpaired) electrons. The van der Waals surface area contributed by atoms with E-state index in [4.69, 9.17) is 9.47 Å². The Morgan fingerprint density at radius 1 is 1.47 bits per heavy atom. The van der Waals surface area contributed by atoms with Crippen LogP contribution in [0.3, 0.4) is 0 Å². The molecule has 0 atom stereocenters. The molecule has 2 rings (SSSR count). The van der Waals surface area contributed by atoms with E-state index in [1.54, 1.807) is 7.11 Å². The molecule has 1 aromatic carbocycles. The van der Waals surface area contributed by atoms with Crippen molar-refractivity contribution < 1.29 is 9.47 Å². The number of fused-ring (bicyclic) bond motifs is 1. The molecule has 0 fully saturated rings. The molecule has 0 saturated heterocycles. The standard InChI is InChI=1S/C12H17NO2/c1-14-8-6-13-11-4-5-12-10(9-11)3-2-7-15-12/h4-5,9,13H,2-3,6-8H2,1H3. The minimum atomic E-state index is 0.730. The molecule has 3 heteroatoms. The molecule has 0 aliphatic carbocycles. The fraction of sp³-hybridized carbons (Fsp3) is 0.500. The van der Waals surface area contributed by atoms with Crippen molar-refractivity contribution in [1.29, 1.82) is 0 Å². The molecule has 0 aromatic heterocycles. The normalized spacial score (nSPS) is 14.2. The smallest absolute Gasteiger partial charge is 0.122 e. The van der Waals surface area contributed by atoms with Crippen LogP contribution in [-0.4, -0.2) is 26.9 Å². The quantitative estimate of drug-likeness (QED) is 0.767. The maximum Gasteiger partial charge on any atom is 0.122 e. The van der Waals surface area contributed by atoms with Crippen molar-refractivity contribution in [2.75, 3.05) is 32.2 Å². The van der Waals surface area contributed by atoms with E-state index < -0.39 is 0 Å². The molecular weight excluding hydrogens is 190 g/mol. The maximum absolute atomic E-state index is 5.55. The van der Waals surface area contributed by atoms with Gasteiger partial charge in [0.25, 0.3) is 0 Å². The second kappa shape index (κ2) is 5.03. The molecule has 0 amide bonds. The third kappa shape index (κ3) is 2.63. The van der Waals surface area contributed by atoms with Crippen LogP contribution in [0.4, 0.5) is 5.69 Å². The summed E-state index contributed by atoms with van der Waals surface area (Å²) in [5.41, 5.74) is 2.46. The molecule has 1 heterocycles. The van der Waals surface area contributed by atoms with Gasteiger partial charge in [-0.25, -0.2) is 0 Å². The molecule has 0 unspecified atom stereocenters. The third-order valence-electron chi connectivity index (χ3n) is 2.54. The largest absolute Gasteiger partial charge is 0.493 e. The van der Waals surface area contributed by atoms with Gasteiger partial charge in [-0.15, -0.1) is 0 Å². The summed E-state index contributed by atoms with van der Waals surface area (Å²) < 4.78 is 10.5. The lowest BCUT2D eigenvalue weighted by atomic mass is 10.1. The van der Waals surface area contributed by atoms with Crippen molar-refractivity contribution in [3.8, 4) is 5.75 Å². The zero-order valence-corrected chi connectivity index (χ0v) is 9.08. The number of anilines is 1. The number of ether oxygens (including phenoxy) is 2. The van der Waals surface area contributed by atoms with Crippen molar-refractivity contribution in [2.45, 2.75) is 12.8 Å². The van der Waals surface area contributed by atoms with E-state index in [-0.39, 0.29) is 0 Å². The number of nitrogens with one attached hydrogen (secondary N) is 1. The highest BCUT2D eigenvalue weighted by atomic mass is 16.5. The molecule has 3 nitrogen and oxygen atoms in total. The van der Waals surface area contributed by atoms with Crippen molar-refractivity contribution in [3.05, 3.63) is 23.8 Å². The molecule has 1 aliphatic rings. The molecule has 0 bridgehead atoms. The number of hydrogen-bond acceptors (Lipinski definition) is 3. The highest BCUT2D eigenvalue weighted by molar-refractivity contribution is 5.51. The van der Waals surface area contributed by atoms with Crippen LogP contribution in [0.2, 0.25) is 0 Å². The third-order valence-corrected chi connectivity index (χ3v) is 2.54. The van der Waals surface area contributed by atoms with Crippen LogP contribution in [0.1, 0.15) is 12.0 Å². The molecular formula is C12H17NO2. The molecule has 15 heavy (non-hydrogen) atoms. The van der Waals surface area contributed by atoms with E-state index in [0.29, 0.717) is 0 Å². The number of benzene rings is 1. The first-order valence-electron chi connectivity index (χ1n) is 5.38. The maximum atomic E-state index is 5.55. The van der Waals surface area contributed by atoms with Gasteiger partial charge in [-0.3, -0.25) is 0 Å².